The van der Waals surface area contributed by atoms with Crippen molar-refractivity contribution in [3.05, 3.63) is 29.8 Å². The first-order valence-corrected chi connectivity index (χ1v) is 8.82. The Morgan fingerprint density at radius 3 is 2.90 bits per heavy atom. The smallest absolute Gasteiger partial charge is 0.119 e. The number of nitrogens with zero attached hydrogens (tertiary/aromatic N) is 1. The van der Waals surface area contributed by atoms with Crippen molar-refractivity contribution >= 4 is 11.8 Å². The molecule has 0 aliphatic carbocycles. The first-order chi connectivity index (χ1) is 10.1. The van der Waals surface area contributed by atoms with Crippen LogP contribution in [0, 0.1) is 0 Å². The van der Waals surface area contributed by atoms with Gasteiger partial charge in [-0.25, -0.2) is 0 Å². The molecule has 0 spiro atoms. The number of benzene rings is 1. The van der Waals surface area contributed by atoms with E-state index >= 15 is 0 Å². The van der Waals surface area contributed by atoms with Crippen molar-refractivity contribution in [2.24, 2.45) is 0 Å². The molecule has 1 aliphatic rings. The zero-order valence-electron chi connectivity index (χ0n) is 13.6. The molecule has 1 heterocycles. The minimum Gasteiger partial charge on any atom is -0.497 e. The van der Waals surface area contributed by atoms with E-state index in [2.05, 4.69) is 61.2 Å². The van der Waals surface area contributed by atoms with Crippen LogP contribution in [0.3, 0.4) is 0 Å². The normalized spacial score (nSPS) is 24.0. The van der Waals surface area contributed by atoms with E-state index in [1.54, 1.807) is 7.11 Å². The van der Waals surface area contributed by atoms with Gasteiger partial charge in [-0.3, -0.25) is 0 Å². The van der Waals surface area contributed by atoms with Crippen molar-refractivity contribution in [3.63, 3.8) is 0 Å². The molecule has 1 fully saturated rings. The molecule has 2 rings (SSSR count). The number of nitrogens with one attached hydrogen (secondary N) is 1. The van der Waals surface area contributed by atoms with Crippen molar-refractivity contribution in [1.29, 1.82) is 0 Å². The van der Waals surface area contributed by atoms with Crippen LogP contribution in [0.25, 0.3) is 0 Å². The van der Waals surface area contributed by atoms with Crippen LogP contribution in [0.2, 0.25) is 0 Å². The fourth-order valence-corrected chi connectivity index (χ4v) is 4.07. The summed E-state index contributed by atoms with van der Waals surface area (Å²) >= 11 is 2.09. The van der Waals surface area contributed by atoms with Crippen molar-refractivity contribution in [2.75, 3.05) is 33.5 Å². The number of methoxy groups -OCH3 is 1. The van der Waals surface area contributed by atoms with Crippen LogP contribution in [0.5, 0.6) is 5.75 Å². The van der Waals surface area contributed by atoms with Crippen molar-refractivity contribution in [1.82, 2.24) is 10.2 Å². The monoisotopic (exact) mass is 308 g/mol. The van der Waals surface area contributed by atoms with E-state index in [0.29, 0.717) is 17.3 Å². The van der Waals surface area contributed by atoms with E-state index in [0.717, 1.165) is 12.3 Å². The lowest BCUT2D eigenvalue weighted by atomic mass is 10.0. The molecule has 21 heavy (non-hydrogen) atoms. The largest absolute Gasteiger partial charge is 0.497 e. The predicted molar refractivity (Wildman–Crippen MR) is 92.4 cm³/mol. The molecule has 1 aromatic carbocycles. The van der Waals surface area contributed by atoms with Gasteiger partial charge in [0.05, 0.1) is 7.11 Å². The molecule has 1 saturated heterocycles. The van der Waals surface area contributed by atoms with Gasteiger partial charge in [0.15, 0.2) is 0 Å². The summed E-state index contributed by atoms with van der Waals surface area (Å²) in [6.45, 7) is 3.33. The third-order valence-corrected chi connectivity index (χ3v) is 5.66. The summed E-state index contributed by atoms with van der Waals surface area (Å²) in [5.41, 5.74) is 1.31. The molecule has 4 heteroatoms. The maximum atomic E-state index is 5.35. The van der Waals surface area contributed by atoms with E-state index in [4.69, 9.17) is 4.74 Å². The zero-order chi connectivity index (χ0) is 15.2. The van der Waals surface area contributed by atoms with Gasteiger partial charge in [-0.05, 0) is 50.4 Å². The van der Waals surface area contributed by atoms with Gasteiger partial charge in [-0.2, -0.15) is 11.8 Å². The maximum Gasteiger partial charge on any atom is 0.119 e. The standard InChI is InChI=1S/C17H28N2OS/c1-13-16(9-6-10-21-13)18-12-17(19(2)3)14-7-5-8-15(11-14)20-4/h5,7-8,11,13,16-18H,6,9-10,12H2,1-4H3. The van der Waals surface area contributed by atoms with Gasteiger partial charge in [0.2, 0.25) is 0 Å². The summed E-state index contributed by atoms with van der Waals surface area (Å²) in [6.07, 6.45) is 2.63. The summed E-state index contributed by atoms with van der Waals surface area (Å²) in [4.78, 5) is 2.28. The summed E-state index contributed by atoms with van der Waals surface area (Å²) in [5, 5.41) is 4.50. The van der Waals surface area contributed by atoms with Gasteiger partial charge in [0.1, 0.15) is 5.75 Å². The third-order valence-electron chi connectivity index (χ3n) is 4.28. The van der Waals surface area contributed by atoms with Crippen LogP contribution >= 0.6 is 11.8 Å². The molecular weight excluding hydrogens is 280 g/mol. The first kappa shape index (κ1) is 16.7. The molecule has 0 amide bonds. The Morgan fingerprint density at radius 1 is 1.43 bits per heavy atom. The van der Waals surface area contributed by atoms with Crippen LogP contribution in [-0.2, 0) is 0 Å². The Balaban J connectivity index is 2.01. The van der Waals surface area contributed by atoms with E-state index < -0.39 is 0 Å². The summed E-state index contributed by atoms with van der Waals surface area (Å²) in [5.74, 6) is 2.24. The Bertz CT molecular complexity index is 439. The summed E-state index contributed by atoms with van der Waals surface area (Å²) in [7, 11) is 6.01. The molecule has 0 saturated carbocycles. The first-order valence-electron chi connectivity index (χ1n) is 7.77. The number of likely N-dealkylation sites (N-methyl/N-ethyl adjacent to an activating group) is 1. The number of hydrogen-bond acceptors (Lipinski definition) is 4. The molecule has 1 N–H and O–H groups in total. The quantitative estimate of drug-likeness (QED) is 0.872. The molecular formula is C17H28N2OS. The van der Waals surface area contributed by atoms with Gasteiger partial charge in [0.25, 0.3) is 0 Å². The Morgan fingerprint density at radius 2 is 2.24 bits per heavy atom. The predicted octanol–water partition coefficient (Wildman–Crippen LogP) is 3.17. The Kier molecular flexibility index (Phi) is 6.40. The molecule has 1 aromatic rings. The average molecular weight is 308 g/mol. The van der Waals surface area contributed by atoms with Crippen molar-refractivity contribution in [2.45, 2.75) is 37.1 Å². The van der Waals surface area contributed by atoms with Crippen LogP contribution < -0.4 is 10.1 Å². The van der Waals surface area contributed by atoms with Gasteiger partial charge < -0.3 is 15.0 Å². The molecule has 3 atom stereocenters. The van der Waals surface area contributed by atoms with Gasteiger partial charge in [-0.15, -0.1) is 0 Å². The molecule has 1 aliphatic heterocycles. The van der Waals surface area contributed by atoms with Crippen LogP contribution in [0.4, 0.5) is 0 Å². The number of thioether (sulfide) groups is 1. The number of hydrogen-bond donors (Lipinski definition) is 1. The van der Waals surface area contributed by atoms with E-state index in [9.17, 15) is 0 Å². The number of ether oxygens (including phenoxy) is 1. The Labute approximate surface area is 133 Å². The highest BCUT2D eigenvalue weighted by molar-refractivity contribution is 7.99. The fourth-order valence-electron chi connectivity index (χ4n) is 2.90. The second-order valence-electron chi connectivity index (χ2n) is 5.99. The third kappa shape index (κ3) is 4.63. The highest BCUT2D eigenvalue weighted by Crippen LogP contribution is 2.27. The lowest BCUT2D eigenvalue weighted by Gasteiger charge is -2.33. The van der Waals surface area contributed by atoms with E-state index in [-0.39, 0.29) is 0 Å². The molecule has 3 nitrogen and oxygen atoms in total. The van der Waals surface area contributed by atoms with Crippen molar-refractivity contribution in [3.8, 4) is 5.75 Å². The molecule has 0 radical (unpaired) electrons. The summed E-state index contributed by atoms with van der Waals surface area (Å²) < 4.78 is 5.35. The van der Waals surface area contributed by atoms with Gasteiger partial charge in [0, 0.05) is 23.9 Å². The second-order valence-corrected chi connectivity index (χ2v) is 7.47. The van der Waals surface area contributed by atoms with Crippen LogP contribution in [0.15, 0.2) is 24.3 Å². The van der Waals surface area contributed by atoms with E-state index in [1.807, 2.05) is 6.07 Å². The molecule has 118 valence electrons. The SMILES string of the molecule is COc1cccc(C(CNC2CCCSC2C)N(C)C)c1. The minimum atomic E-state index is 0.374. The Hall–Kier alpha value is -0.710. The lowest BCUT2D eigenvalue weighted by molar-refractivity contribution is 0.274. The average Bonchev–Trinajstić information content (AvgIpc) is 2.49. The molecule has 0 bridgehead atoms. The van der Waals surface area contributed by atoms with Gasteiger partial charge in [-0.1, -0.05) is 19.1 Å². The van der Waals surface area contributed by atoms with Crippen LogP contribution in [-0.4, -0.2) is 49.7 Å². The van der Waals surface area contributed by atoms with E-state index in [1.165, 1.54) is 24.2 Å². The maximum absolute atomic E-state index is 5.35. The number of rotatable bonds is 6. The second kappa shape index (κ2) is 8.06. The topological polar surface area (TPSA) is 24.5 Å². The highest BCUT2D eigenvalue weighted by atomic mass is 32.2. The molecule has 0 aromatic heterocycles. The lowest BCUT2D eigenvalue weighted by Crippen LogP contribution is -2.43. The minimum absolute atomic E-state index is 0.374. The van der Waals surface area contributed by atoms with Crippen molar-refractivity contribution < 1.29 is 4.74 Å². The molecule has 3 unspecified atom stereocenters. The fraction of sp³-hybridized carbons (Fsp3) is 0.647. The highest BCUT2D eigenvalue weighted by Gasteiger charge is 2.23. The van der Waals surface area contributed by atoms with Gasteiger partial charge >= 0.3 is 0 Å². The summed E-state index contributed by atoms with van der Waals surface area (Å²) in [6, 6.07) is 9.42. The zero-order valence-corrected chi connectivity index (χ0v) is 14.5. The van der Waals surface area contributed by atoms with Crippen LogP contribution in [0.1, 0.15) is 31.4 Å².